The molecular formula is C15H11BrO. The maximum atomic E-state index is 5.71. The van der Waals surface area contributed by atoms with Crippen LogP contribution in [0.25, 0.3) is 11.8 Å². The maximum Gasteiger partial charge on any atom is 0.128 e. The minimum atomic E-state index is 0.679. The van der Waals surface area contributed by atoms with E-state index in [1.54, 1.807) is 0 Å². The number of rotatable bonds is 1. The van der Waals surface area contributed by atoms with Crippen LogP contribution in [0.5, 0.6) is 0 Å². The SMILES string of the molecule is Brc1ccc(/C=C2\OCc3ccccc32)cc1. The molecule has 3 rings (SSSR count). The lowest BCUT2D eigenvalue weighted by Gasteiger charge is -2.00. The van der Waals surface area contributed by atoms with Gasteiger partial charge in [-0.3, -0.25) is 0 Å². The first-order valence-electron chi connectivity index (χ1n) is 5.51. The van der Waals surface area contributed by atoms with Gasteiger partial charge in [0.05, 0.1) is 0 Å². The standard InChI is InChI=1S/C15H11BrO/c16-13-7-5-11(6-8-13)9-15-14-4-2-1-3-12(14)10-17-15/h1-9H,10H2/b15-9-. The van der Waals surface area contributed by atoms with Crippen LogP contribution in [0, 0.1) is 0 Å². The van der Waals surface area contributed by atoms with Gasteiger partial charge in [-0.25, -0.2) is 0 Å². The first-order valence-corrected chi connectivity index (χ1v) is 6.30. The lowest BCUT2D eigenvalue weighted by Crippen LogP contribution is -1.80. The molecule has 1 aliphatic rings. The fourth-order valence-electron chi connectivity index (χ4n) is 1.95. The molecule has 0 atom stereocenters. The first kappa shape index (κ1) is 10.6. The van der Waals surface area contributed by atoms with Crippen molar-refractivity contribution in [2.45, 2.75) is 6.61 Å². The molecule has 0 aliphatic carbocycles. The summed E-state index contributed by atoms with van der Waals surface area (Å²) in [6.07, 6.45) is 2.08. The van der Waals surface area contributed by atoms with E-state index in [1.807, 2.05) is 24.3 Å². The van der Waals surface area contributed by atoms with Crippen LogP contribution in [0.2, 0.25) is 0 Å². The molecule has 0 radical (unpaired) electrons. The van der Waals surface area contributed by atoms with Crippen molar-refractivity contribution in [3.63, 3.8) is 0 Å². The van der Waals surface area contributed by atoms with E-state index in [1.165, 1.54) is 11.1 Å². The number of hydrogen-bond acceptors (Lipinski definition) is 1. The van der Waals surface area contributed by atoms with Gasteiger partial charge in [0.15, 0.2) is 0 Å². The van der Waals surface area contributed by atoms with Crippen molar-refractivity contribution in [1.82, 2.24) is 0 Å². The second kappa shape index (κ2) is 4.38. The third kappa shape index (κ3) is 2.13. The molecule has 0 spiro atoms. The molecule has 0 saturated heterocycles. The summed E-state index contributed by atoms with van der Waals surface area (Å²) < 4.78 is 6.80. The van der Waals surface area contributed by atoms with Crippen LogP contribution in [0.1, 0.15) is 16.7 Å². The van der Waals surface area contributed by atoms with Crippen LogP contribution in [0.4, 0.5) is 0 Å². The van der Waals surface area contributed by atoms with Crippen molar-refractivity contribution in [3.8, 4) is 0 Å². The summed E-state index contributed by atoms with van der Waals surface area (Å²) in [5, 5.41) is 0. The molecule has 0 unspecified atom stereocenters. The molecule has 1 heterocycles. The van der Waals surface area contributed by atoms with Gasteiger partial charge < -0.3 is 4.74 Å². The largest absolute Gasteiger partial charge is 0.488 e. The van der Waals surface area contributed by atoms with Crippen molar-refractivity contribution in [3.05, 3.63) is 69.7 Å². The van der Waals surface area contributed by atoms with Gasteiger partial charge >= 0.3 is 0 Å². The first-order chi connectivity index (χ1) is 8.33. The minimum Gasteiger partial charge on any atom is -0.488 e. The summed E-state index contributed by atoms with van der Waals surface area (Å²) in [7, 11) is 0. The van der Waals surface area contributed by atoms with Gasteiger partial charge in [-0.1, -0.05) is 52.3 Å². The number of ether oxygens (including phenoxy) is 1. The van der Waals surface area contributed by atoms with Crippen LogP contribution in [-0.4, -0.2) is 0 Å². The summed E-state index contributed by atoms with van der Waals surface area (Å²) in [4.78, 5) is 0. The zero-order valence-corrected chi connectivity index (χ0v) is 10.8. The van der Waals surface area contributed by atoms with Gasteiger partial charge in [-0.2, -0.15) is 0 Å². The number of halogens is 1. The maximum absolute atomic E-state index is 5.71. The normalized spacial score (nSPS) is 15.7. The predicted octanol–water partition coefficient (Wildman–Crippen LogP) is 4.48. The minimum absolute atomic E-state index is 0.679. The number of hydrogen-bond donors (Lipinski definition) is 0. The van der Waals surface area contributed by atoms with E-state index in [2.05, 4.69) is 46.3 Å². The van der Waals surface area contributed by atoms with Crippen molar-refractivity contribution in [2.75, 3.05) is 0 Å². The molecule has 0 fully saturated rings. The Balaban J connectivity index is 1.99. The third-order valence-electron chi connectivity index (χ3n) is 2.83. The molecule has 17 heavy (non-hydrogen) atoms. The lowest BCUT2D eigenvalue weighted by molar-refractivity contribution is 0.287. The Morgan fingerprint density at radius 1 is 1.00 bits per heavy atom. The molecule has 0 aromatic heterocycles. The Morgan fingerprint density at radius 2 is 1.76 bits per heavy atom. The zero-order chi connectivity index (χ0) is 11.7. The lowest BCUT2D eigenvalue weighted by atomic mass is 10.1. The van der Waals surface area contributed by atoms with Crippen LogP contribution < -0.4 is 0 Å². The Labute approximate surface area is 109 Å². The van der Waals surface area contributed by atoms with Gasteiger partial charge in [-0.05, 0) is 23.8 Å². The second-order valence-corrected chi connectivity index (χ2v) is 4.92. The number of fused-ring (bicyclic) bond motifs is 1. The molecule has 0 N–H and O–H groups in total. The molecule has 2 aromatic carbocycles. The Bertz CT molecular complexity index is 570. The highest BCUT2D eigenvalue weighted by Crippen LogP contribution is 2.30. The van der Waals surface area contributed by atoms with Crippen molar-refractivity contribution in [1.29, 1.82) is 0 Å². The highest BCUT2D eigenvalue weighted by molar-refractivity contribution is 9.10. The summed E-state index contributed by atoms with van der Waals surface area (Å²) in [5.41, 5.74) is 3.62. The molecular weight excluding hydrogens is 276 g/mol. The van der Waals surface area contributed by atoms with Crippen LogP contribution >= 0.6 is 15.9 Å². The Hall–Kier alpha value is -1.54. The molecule has 0 saturated carbocycles. The summed E-state index contributed by atoms with van der Waals surface area (Å²) in [6, 6.07) is 16.5. The quantitative estimate of drug-likeness (QED) is 0.751. The van der Waals surface area contributed by atoms with Gasteiger partial charge in [0.1, 0.15) is 12.4 Å². The summed E-state index contributed by atoms with van der Waals surface area (Å²) in [6.45, 7) is 0.679. The van der Waals surface area contributed by atoms with Crippen molar-refractivity contribution < 1.29 is 4.74 Å². The van der Waals surface area contributed by atoms with Crippen molar-refractivity contribution >= 4 is 27.8 Å². The summed E-state index contributed by atoms with van der Waals surface area (Å²) >= 11 is 3.43. The van der Waals surface area contributed by atoms with Crippen LogP contribution in [-0.2, 0) is 11.3 Å². The smallest absolute Gasteiger partial charge is 0.128 e. The molecule has 2 aromatic rings. The van der Waals surface area contributed by atoms with Crippen LogP contribution in [0.3, 0.4) is 0 Å². The van der Waals surface area contributed by atoms with E-state index >= 15 is 0 Å². The Kier molecular flexibility index (Phi) is 2.73. The zero-order valence-electron chi connectivity index (χ0n) is 9.19. The highest BCUT2D eigenvalue weighted by atomic mass is 79.9. The van der Waals surface area contributed by atoms with Gasteiger partial charge in [0.25, 0.3) is 0 Å². The fraction of sp³-hybridized carbons (Fsp3) is 0.0667. The Morgan fingerprint density at radius 3 is 2.59 bits per heavy atom. The van der Waals surface area contributed by atoms with E-state index in [4.69, 9.17) is 4.74 Å². The molecule has 84 valence electrons. The molecule has 0 bridgehead atoms. The average Bonchev–Trinajstić information content (AvgIpc) is 2.76. The van der Waals surface area contributed by atoms with E-state index in [0.29, 0.717) is 6.61 Å². The third-order valence-corrected chi connectivity index (χ3v) is 3.36. The van der Waals surface area contributed by atoms with Crippen molar-refractivity contribution in [2.24, 2.45) is 0 Å². The monoisotopic (exact) mass is 286 g/mol. The second-order valence-electron chi connectivity index (χ2n) is 4.01. The topological polar surface area (TPSA) is 9.23 Å². The van der Waals surface area contributed by atoms with E-state index in [0.717, 1.165) is 15.8 Å². The van der Waals surface area contributed by atoms with Crippen LogP contribution in [0.15, 0.2) is 53.0 Å². The van der Waals surface area contributed by atoms with Gasteiger partial charge in [-0.15, -0.1) is 0 Å². The van der Waals surface area contributed by atoms with E-state index in [-0.39, 0.29) is 0 Å². The van der Waals surface area contributed by atoms with E-state index < -0.39 is 0 Å². The number of benzene rings is 2. The highest BCUT2D eigenvalue weighted by Gasteiger charge is 2.16. The molecule has 2 heteroatoms. The predicted molar refractivity (Wildman–Crippen MR) is 73.2 cm³/mol. The average molecular weight is 287 g/mol. The molecule has 1 aliphatic heterocycles. The fourth-order valence-corrected chi connectivity index (χ4v) is 2.21. The molecule has 0 amide bonds. The summed E-state index contributed by atoms with van der Waals surface area (Å²) in [5.74, 6) is 0.961. The van der Waals surface area contributed by atoms with E-state index in [9.17, 15) is 0 Å². The molecule has 1 nitrogen and oxygen atoms in total. The van der Waals surface area contributed by atoms with Gasteiger partial charge in [0, 0.05) is 15.6 Å². The van der Waals surface area contributed by atoms with Gasteiger partial charge in [0.2, 0.25) is 0 Å².